The standard InChI is InChI=1S/C30H34N6O4/c1-40-25-5-2-22(3-6-25)20-28(37)35-18-16-34(17-19-35)27-7-4-24(30(39)36-14-12-32-13-15-36)21-26(27)33-29(38)23-8-10-31-11-9-23/h2-11,21,32H,12-20H2,1H3,(H,33,38). The molecule has 10 nitrogen and oxygen atoms in total. The van der Waals surface area contributed by atoms with Crippen LogP contribution in [0.5, 0.6) is 5.75 Å². The molecule has 0 aliphatic carbocycles. The summed E-state index contributed by atoms with van der Waals surface area (Å²) < 4.78 is 5.20. The van der Waals surface area contributed by atoms with E-state index in [4.69, 9.17) is 4.74 Å². The lowest BCUT2D eigenvalue weighted by Gasteiger charge is -2.37. The van der Waals surface area contributed by atoms with Crippen LogP contribution in [0, 0.1) is 0 Å². The topological polar surface area (TPSA) is 107 Å². The van der Waals surface area contributed by atoms with Gasteiger partial charge in [-0.2, -0.15) is 0 Å². The second-order valence-electron chi connectivity index (χ2n) is 9.86. The molecule has 3 aromatic rings. The lowest BCUT2D eigenvalue weighted by atomic mass is 10.1. The van der Waals surface area contributed by atoms with Crippen LogP contribution in [0.1, 0.15) is 26.3 Å². The molecule has 2 N–H and O–H groups in total. The van der Waals surface area contributed by atoms with E-state index in [0.29, 0.717) is 62.5 Å². The summed E-state index contributed by atoms with van der Waals surface area (Å²) in [6.07, 6.45) is 3.48. The number of aromatic nitrogens is 1. The predicted octanol–water partition coefficient (Wildman–Crippen LogP) is 2.28. The highest BCUT2D eigenvalue weighted by atomic mass is 16.5. The van der Waals surface area contributed by atoms with Gasteiger partial charge in [0.15, 0.2) is 0 Å². The molecule has 5 rings (SSSR count). The molecule has 0 saturated carbocycles. The lowest BCUT2D eigenvalue weighted by Crippen LogP contribution is -2.49. The van der Waals surface area contributed by atoms with Gasteiger partial charge >= 0.3 is 0 Å². The third-order valence-corrected chi connectivity index (χ3v) is 7.33. The number of piperazine rings is 2. The maximum atomic E-state index is 13.2. The maximum absolute atomic E-state index is 13.2. The van der Waals surface area contributed by atoms with E-state index in [-0.39, 0.29) is 17.7 Å². The van der Waals surface area contributed by atoms with E-state index >= 15 is 0 Å². The fraction of sp³-hybridized carbons (Fsp3) is 0.333. The summed E-state index contributed by atoms with van der Waals surface area (Å²) in [5.41, 5.74) is 3.35. The largest absolute Gasteiger partial charge is 0.497 e. The van der Waals surface area contributed by atoms with E-state index in [1.54, 1.807) is 37.7 Å². The van der Waals surface area contributed by atoms with Crippen molar-refractivity contribution in [2.24, 2.45) is 0 Å². The summed E-state index contributed by atoms with van der Waals surface area (Å²) in [6.45, 7) is 5.16. The number of rotatable bonds is 7. The van der Waals surface area contributed by atoms with E-state index in [2.05, 4.69) is 20.5 Å². The van der Waals surface area contributed by atoms with Crippen molar-refractivity contribution in [3.63, 3.8) is 0 Å². The number of amides is 3. The Labute approximate surface area is 233 Å². The first-order valence-corrected chi connectivity index (χ1v) is 13.5. The molecule has 0 atom stereocenters. The van der Waals surface area contributed by atoms with Crippen LogP contribution >= 0.6 is 0 Å². The molecule has 0 radical (unpaired) electrons. The van der Waals surface area contributed by atoms with Crippen LogP contribution in [0.3, 0.4) is 0 Å². The molecular formula is C30H34N6O4. The number of methoxy groups -OCH3 is 1. The van der Waals surface area contributed by atoms with Gasteiger partial charge in [-0.1, -0.05) is 12.1 Å². The first-order valence-electron chi connectivity index (χ1n) is 13.5. The molecular weight excluding hydrogens is 508 g/mol. The Balaban J connectivity index is 1.30. The monoisotopic (exact) mass is 542 g/mol. The van der Waals surface area contributed by atoms with E-state index in [0.717, 1.165) is 30.1 Å². The minimum absolute atomic E-state index is 0.0543. The Morgan fingerprint density at radius 1 is 0.850 bits per heavy atom. The Morgan fingerprint density at radius 2 is 1.55 bits per heavy atom. The van der Waals surface area contributed by atoms with Crippen LogP contribution < -0.4 is 20.3 Å². The highest BCUT2D eigenvalue weighted by molar-refractivity contribution is 6.07. The minimum Gasteiger partial charge on any atom is -0.497 e. The quantitative estimate of drug-likeness (QED) is 0.472. The number of benzene rings is 2. The normalized spacial score (nSPS) is 15.5. The molecule has 2 fully saturated rings. The molecule has 40 heavy (non-hydrogen) atoms. The van der Waals surface area contributed by atoms with Gasteiger partial charge in [0.1, 0.15) is 5.75 Å². The Hall–Kier alpha value is -4.44. The van der Waals surface area contributed by atoms with E-state index in [9.17, 15) is 14.4 Å². The number of carbonyl (C=O) groups is 3. The van der Waals surface area contributed by atoms with Crippen LogP contribution in [-0.4, -0.2) is 92.0 Å². The van der Waals surface area contributed by atoms with Crippen molar-refractivity contribution < 1.29 is 19.1 Å². The fourth-order valence-corrected chi connectivity index (χ4v) is 5.02. The van der Waals surface area contributed by atoms with E-state index in [1.807, 2.05) is 46.2 Å². The molecule has 2 aliphatic rings. The van der Waals surface area contributed by atoms with Gasteiger partial charge < -0.3 is 30.1 Å². The number of ether oxygens (including phenoxy) is 1. The number of hydrogen-bond donors (Lipinski definition) is 2. The molecule has 0 unspecified atom stereocenters. The summed E-state index contributed by atoms with van der Waals surface area (Å²) in [7, 11) is 1.62. The molecule has 208 valence electrons. The summed E-state index contributed by atoms with van der Waals surface area (Å²) >= 11 is 0. The van der Waals surface area contributed by atoms with Crippen LogP contribution in [-0.2, 0) is 11.2 Å². The van der Waals surface area contributed by atoms with Crippen LogP contribution in [0.25, 0.3) is 0 Å². The van der Waals surface area contributed by atoms with Gasteiger partial charge in [0.2, 0.25) is 5.91 Å². The van der Waals surface area contributed by atoms with Gasteiger partial charge in [-0.3, -0.25) is 19.4 Å². The van der Waals surface area contributed by atoms with E-state index < -0.39 is 0 Å². The van der Waals surface area contributed by atoms with Gasteiger partial charge in [0.25, 0.3) is 11.8 Å². The van der Waals surface area contributed by atoms with Crippen molar-refractivity contribution in [1.82, 2.24) is 20.1 Å². The number of anilines is 2. The molecule has 3 heterocycles. The van der Waals surface area contributed by atoms with Crippen LogP contribution in [0.2, 0.25) is 0 Å². The van der Waals surface area contributed by atoms with Crippen LogP contribution in [0.15, 0.2) is 67.0 Å². The SMILES string of the molecule is COc1ccc(CC(=O)N2CCN(c3ccc(C(=O)N4CCNCC4)cc3NC(=O)c3ccncc3)CC2)cc1. The smallest absolute Gasteiger partial charge is 0.255 e. The molecule has 3 amide bonds. The summed E-state index contributed by atoms with van der Waals surface area (Å²) in [4.78, 5) is 49.1. The third-order valence-electron chi connectivity index (χ3n) is 7.33. The number of hydrogen-bond acceptors (Lipinski definition) is 7. The zero-order valence-electron chi connectivity index (χ0n) is 22.6. The number of pyridine rings is 1. The minimum atomic E-state index is -0.274. The third kappa shape index (κ3) is 6.40. The Kier molecular flexibility index (Phi) is 8.56. The predicted molar refractivity (Wildman–Crippen MR) is 153 cm³/mol. The Bertz CT molecular complexity index is 1330. The molecule has 0 bridgehead atoms. The van der Waals surface area contributed by atoms with Gasteiger partial charge in [-0.15, -0.1) is 0 Å². The fourth-order valence-electron chi connectivity index (χ4n) is 5.02. The first-order chi connectivity index (χ1) is 19.5. The van der Waals surface area contributed by atoms with Crippen molar-refractivity contribution in [1.29, 1.82) is 0 Å². The zero-order chi connectivity index (χ0) is 27.9. The molecule has 2 aliphatic heterocycles. The second-order valence-corrected chi connectivity index (χ2v) is 9.86. The van der Waals surface area contributed by atoms with Gasteiger partial charge in [0, 0.05) is 75.9 Å². The van der Waals surface area contributed by atoms with Gasteiger partial charge in [-0.05, 0) is 48.0 Å². The maximum Gasteiger partial charge on any atom is 0.255 e. The molecule has 2 saturated heterocycles. The molecule has 0 spiro atoms. The summed E-state index contributed by atoms with van der Waals surface area (Å²) in [6, 6.07) is 16.3. The lowest BCUT2D eigenvalue weighted by molar-refractivity contribution is -0.130. The van der Waals surface area contributed by atoms with Crippen molar-refractivity contribution in [2.45, 2.75) is 6.42 Å². The highest BCUT2D eigenvalue weighted by Crippen LogP contribution is 2.30. The summed E-state index contributed by atoms with van der Waals surface area (Å²) in [5.74, 6) is 0.510. The van der Waals surface area contributed by atoms with Crippen molar-refractivity contribution >= 4 is 29.1 Å². The zero-order valence-corrected chi connectivity index (χ0v) is 22.6. The Morgan fingerprint density at radius 3 is 2.23 bits per heavy atom. The van der Waals surface area contributed by atoms with E-state index in [1.165, 1.54) is 0 Å². The summed E-state index contributed by atoms with van der Waals surface area (Å²) in [5, 5.41) is 6.28. The highest BCUT2D eigenvalue weighted by Gasteiger charge is 2.25. The van der Waals surface area contributed by atoms with Crippen LogP contribution in [0.4, 0.5) is 11.4 Å². The second kappa shape index (κ2) is 12.6. The average molecular weight is 543 g/mol. The first kappa shape index (κ1) is 27.1. The number of carbonyl (C=O) groups excluding carboxylic acids is 3. The van der Waals surface area contributed by atoms with Crippen molar-refractivity contribution in [3.8, 4) is 5.75 Å². The van der Waals surface area contributed by atoms with Crippen molar-refractivity contribution in [3.05, 3.63) is 83.7 Å². The number of nitrogens with zero attached hydrogens (tertiary/aromatic N) is 4. The van der Waals surface area contributed by atoms with Gasteiger partial charge in [0.05, 0.1) is 24.9 Å². The molecule has 2 aromatic carbocycles. The van der Waals surface area contributed by atoms with Crippen molar-refractivity contribution in [2.75, 3.05) is 69.7 Å². The molecule has 1 aromatic heterocycles. The molecule has 10 heteroatoms. The number of nitrogens with one attached hydrogen (secondary N) is 2. The average Bonchev–Trinajstić information content (AvgIpc) is 3.02. The van der Waals surface area contributed by atoms with Gasteiger partial charge in [-0.25, -0.2) is 0 Å².